The molecule has 0 saturated heterocycles. The van der Waals surface area contributed by atoms with Crippen LogP contribution < -0.4 is 11.1 Å². The molecule has 0 bridgehead atoms. The Hall–Kier alpha value is -2.80. The number of aryl methyl sites for hydroxylation is 1. The van der Waals surface area contributed by atoms with Crippen molar-refractivity contribution in [1.82, 2.24) is 18.9 Å². The number of hydrogen-bond donors (Lipinski definition) is 0. The molecule has 27 heavy (non-hydrogen) atoms. The molecule has 7 heteroatoms. The second-order valence-corrected chi connectivity index (χ2v) is 8.31. The number of thiophene rings is 1. The molecule has 5 rings (SSSR count). The van der Waals surface area contributed by atoms with Crippen LogP contribution in [0.2, 0.25) is 0 Å². The second kappa shape index (κ2) is 6.13. The summed E-state index contributed by atoms with van der Waals surface area (Å²) in [4.78, 5) is 36.6. The molecule has 0 N–H and O–H groups in total. The van der Waals surface area contributed by atoms with Gasteiger partial charge in [-0.05, 0) is 42.9 Å². The van der Waals surface area contributed by atoms with Crippen LogP contribution in [0, 0.1) is 5.92 Å². The molecule has 0 aromatic carbocycles. The fourth-order valence-corrected chi connectivity index (χ4v) is 5.18. The Labute approximate surface area is 158 Å². The summed E-state index contributed by atoms with van der Waals surface area (Å²) < 4.78 is 3.05. The summed E-state index contributed by atoms with van der Waals surface area (Å²) in [5.41, 5.74) is 2.12. The van der Waals surface area contributed by atoms with E-state index in [0.29, 0.717) is 17.3 Å². The fourth-order valence-electron chi connectivity index (χ4n) is 3.84. The molecule has 0 saturated carbocycles. The number of pyridine rings is 1. The average molecular weight is 378 g/mol. The van der Waals surface area contributed by atoms with Gasteiger partial charge < -0.3 is 0 Å². The number of nitrogens with zero attached hydrogens (tertiary/aromatic N) is 4. The largest absolute Gasteiger partial charge is 0.293 e. The molecule has 136 valence electrons. The van der Waals surface area contributed by atoms with Crippen LogP contribution in [0.3, 0.4) is 0 Å². The zero-order chi connectivity index (χ0) is 18.5. The molecule has 4 aromatic rings. The number of aromatic nitrogens is 4. The first kappa shape index (κ1) is 16.4. The van der Waals surface area contributed by atoms with Crippen LogP contribution in [-0.4, -0.2) is 18.9 Å². The van der Waals surface area contributed by atoms with Crippen molar-refractivity contribution in [3.05, 3.63) is 73.6 Å². The molecule has 4 heterocycles. The Morgan fingerprint density at radius 2 is 2.19 bits per heavy atom. The van der Waals surface area contributed by atoms with Crippen molar-refractivity contribution >= 4 is 27.2 Å². The van der Waals surface area contributed by atoms with Gasteiger partial charge in [0, 0.05) is 17.1 Å². The third-order valence-electron chi connectivity index (χ3n) is 5.24. The molecule has 0 radical (unpaired) electrons. The maximum Gasteiger partial charge on any atom is 0.262 e. The molecule has 1 aliphatic rings. The molecule has 0 spiro atoms. The van der Waals surface area contributed by atoms with Crippen molar-refractivity contribution < 1.29 is 0 Å². The first-order valence-corrected chi connectivity index (χ1v) is 9.89. The number of hydrogen-bond acceptors (Lipinski definition) is 5. The standard InChI is InChI=1S/C20H18N4O2S/c1-12-5-6-14-15(8-12)27-19-18(14)20(26)23(11-21-19)10-13-9-17(25)24-7-3-2-4-16(24)22-13/h2-4,7,9,11-12H,5-6,8,10H2,1H3. The van der Waals surface area contributed by atoms with Crippen LogP contribution >= 0.6 is 11.3 Å². The summed E-state index contributed by atoms with van der Waals surface area (Å²) in [6, 6.07) is 6.89. The molecule has 1 unspecified atom stereocenters. The molecular weight excluding hydrogens is 360 g/mol. The monoisotopic (exact) mass is 378 g/mol. The van der Waals surface area contributed by atoms with Gasteiger partial charge >= 0.3 is 0 Å². The average Bonchev–Trinajstić information content (AvgIpc) is 3.02. The van der Waals surface area contributed by atoms with Crippen LogP contribution in [0.15, 0.2) is 46.4 Å². The van der Waals surface area contributed by atoms with E-state index in [1.807, 2.05) is 6.07 Å². The van der Waals surface area contributed by atoms with Crippen molar-refractivity contribution in [3.63, 3.8) is 0 Å². The third-order valence-corrected chi connectivity index (χ3v) is 6.40. The fraction of sp³-hybridized carbons (Fsp3) is 0.300. The Balaban J connectivity index is 1.61. The lowest BCUT2D eigenvalue weighted by Crippen LogP contribution is -2.24. The van der Waals surface area contributed by atoms with E-state index in [9.17, 15) is 9.59 Å². The van der Waals surface area contributed by atoms with E-state index in [-0.39, 0.29) is 17.7 Å². The van der Waals surface area contributed by atoms with Crippen LogP contribution in [-0.2, 0) is 19.4 Å². The number of rotatable bonds is 2. The van der Waals surface area contributed by atoms with E-state index in [4.69, 9.17) is 0 Å². The third kappa shape index (κ3) is 2.70. The van der Waals surface area contributed by atoms with Crippen molar-refractivity contribution in [2.45, 2.75) is 32.7 Å². The van der Waals surface area contributed by atoms with Gasteiger partial charge in [-0.3, -0.25) is 18.6 Å². The van der Waals surface area contributed by atoms with Gasteiger partial charge in [-0.15, -0.1) is 11.3 Å². The van der Waals surface area contributed by atoms with Crippen molar-refractivity contribution in [3.8, 4) is 0 Å². The van der Waals surface area contributed by atoms with E-state index in [0.717, 1.165) is 29.5 Å². The molecule has 0 aliphatic heterocycles. The van der Waals surface area contributed by atoms with Crippen molar-refractivity contribution in [2.75, 3.05) is 0 Å². The summed E-state index contributed by atoms with van der Waals surface area (Å²) in [5.74, 6) is 0.655. The molecule has 0 amide bonds. The zero-order valence-electron chi connectivity index (χ0n) is 14.9. The summed E-state index contributed by atoms with van der Waals surface area (Å²) in [6.07, 6.45) is 6.33. The molecule has 6 nitrogen and oxygen atoms in total. The van der Waals surface area contributed by atoms with Gasteiger partial charge in [-0.1, -0.05) is 13.0 Å². The van der Waals surface area contributed by atoms with Gasteiger partial charge in [-0.2, -0.15) is 0 Å². The van der Waals surface area contributed by atoms with Gasteiger partial charge in [0.15, 0.2) is 0 Å². The lowest BCUT2D eigenvalue weighted by molar-refractivity contribution is 0.509. The van der Waals surface area contributed by atoms with E-state index in [2.05, 4.69) is 16.9 Å². The Bertz CT molecular complexity index is 1300. The molecule has 1 atom stereocenters. The van der Waals surface area contributed by atoms with Crippen LogP contribution in [0.25, 0.3) is 15.9 Å². The van der Waals surface area contributed by atoms with Gasteiger partial charge in [-0.25, -0.2) is 9.97 Å². The summed E-state index contributed by atoms with van der Waals surface area (Å²) in [5, 5.41) is 0.752. The minimum Gasteiger partial charge on any atom is -0.293 e. The summed E-state index contributed by atoms with van der Waals surface area (Å²) >= 11 is 1.64. The van der Waals surface area contributed by atoms with Gasteiger partial charge in [0.1, 0.15) is 10.5 Å². The SMILES string of the molecule is CC1CCc2c(sc3ncn(Cc4cc(=O)n5ccccc5n4)c(=O)c23)C1. The van der Waals surface area contributed by atoms with Crippen LogP contribution in [0.1, 0.15) is 29.5 Å². The Kier molecular flexibility index (Phi) is 3.72. The maximum absolute atomic E-state index is 13.1. The van der Waals surface area contributed by atoms with E-state index in [1.54, 1.807) is 40.6 Å². The van der Waals surface area contributed by atoms with E-state index in [1.165, 1.54) is 20.9 Å². The molecule has 4 aromatic heterocycles. The first-order valence-electron chi connectivity index (χ1n) is 9.07. The normalized spacial score (nSPS) is 16.7. The van der Waals surface area contributed by atoms with Gasteiger partial charge in [0.05, 0.1) is 24.0 Å². The van der Waals surface area contributed by atoms with Crippen LogP contribution in [0.5, 0.6) is 0 Å². The summed E-state index contributed by atoms with van der Waals surface area (Å²) in [7, 11) is 0. The van der Waals surface area contributed by atoms with E-state index >= 15 is 0 Å². The lowest BCUT2D eigenvalue weighted by atomic mass is 9.89. The topological polar surface area (TPSA) is 69.3 Å². The van der Waals surface area contributed by atoms with Gasteiger partial charge in [0.25, 0.3) is 11.1 Å². The minimum atomic E-state index is -0.153. The quantitative estimate of drug-likeness (QED) is 0.538. The lowest BCUT2D eigenvalue weighted by Gasteiger charge is -2.17. The second-order valence-electron chi connectivity index (χ2n) is 7.22. The molecule has 1 aliphatic carbocycles. The number of fused-ring (bicyclic) bond motifs is 4. The highest BCUT2D eigenvalue weighted by atomic mass is 32.1. The maximum atomic E-state index is 13.1. The van der Waals surface area contributed by atoms with E-state index < -0.39 is 0 Å². The Morgan fingerprint density at radius 1 is 1.30 bits per heavy atom. The highest BCUT2D eigenvalue weighted by Gasteiger charge is 2.23. The van der Waals surface area contributed by atoms with Crippen molar-refractivity contribution in [1.29, 1.82) is 0 Å². The smallest absolute Gasteiger partial charge is 0.262 e. The highest BCUT2D eigenvalue weighted by Crippen LogP contribution is 2.35. The van der Waals surface area contributed by atoms with Crippen LogP contribution in [0.4, 0.5) is 0 Å². The minimum absolute atomic E-state index is 0.0397. The Morgan fingerprint density at radius 3 is 3.07 bits per heavy atom. The first-order chi connectivity index (χ1) is 13.1. The zero-order valence-corrected chi connectivity index (χ0v) is 15.7. The highest BCUT2D eigenvalue weighted by molar-refractivity contribution is 7.18. The van der Waals surface area contributed by atoms with Gasteiger partial charge in [0.2, 0.25) is 0 Å². The van der Waals surface area contributed by atoms with Crippen molar-refractivity contribution in [2.24, 2.45) is 5.92 Å². The molecule has 0 fully saturated rings. The predicted octanol–water partition coefficient (Wildman–Crippen LogP) is 2.64. The summed E-state index contributed by atoms with van der Waals surface area (Å²) in [6.45, 7) is 2.49. The molecular formula is C20H18N4O2S. The predicted molar refractivity (Wildman–Crippen MR) is 106 cm³/mol.